The molecule has 1 fully saturated rings. The van der Waals surface area contributed by atoms with Crippen molar-refractivity contribution >= 4 is 66.6 Å². The molecule has 2 aromatic carbocycles. The van der Waals surface area contributed by atoms with Crippen LogP contribution >= 0.6 is 11.6 Å². The van der Waals surface area contributed by atoms with Gasteiger partial charge in [0.05, 0.1) is 29.0 Å². The van der Waals surface area contributed by atoms with Gasteiger partial charge < -0.3 is 10.2 Å². The minimum Gasteiger partial charge on any atom is -0.358 e. The van der Waals surface area contributed by atoms with Crippen molar-refractivity contribution in [3.8, 4) is 0 Å². The second kappa shape index (κ2) is 8.80. The Bertz CT molecular complexity index is 1290. The lowest BCUT2D eigenvalue weighted by Crippen LogP contribution is -2.64. The molecule has 0 bridgehead atoms. The Morgan fingerprint density at radius 1 is 1.11 bits per heavy atom. The standard InChI is InChI=1S/C22H14B4ClF2N3O4/c23-15-8-20(24,18(35)30-16(15)33)32-9-10-7-12(3-6-14(10)17(32)34)22(25,26)31-19(36)21(28,29)11-1-4-13(27)5-2-11/h1-7,15H,8-9H2,(H,31,36)(H,30,33,35)/t15?,20-/m0/s1. The van der Waals surface area contributed by atoms with Crippen LogP contribution in [-0.2, 0) is 32.2 Å². The van der Waals surface area contributed by atoms with Gasteiger partial charge in [0.2, 0.25) is 11.8 Å². The molecule has 0 aliphatic carbocycles. The zero-order valence-corrected chi connectivity index (χ0v) is 19.3. The van der Waals surface area contributed by atoms with Crippen molar-refractivity contribution in [1.82, 2.24) is 15.5 Å². The SMILES string of the molecule is [B]C1C[C@]([B])(N2Cc3cc(C([B])([B])NC(=O)C(F)(F)c4ccc(Cl)cc4)ccc3C2=O)C(=O)NC1=O. The first-order valence-electron chi connectivity index (χ1n) is 10.6. The molecule has 4 rings (SSSR count). The monoisotopic (exact) mass is 501 g/mol. The Morgan fingerprint density at radius 2 is 1.72 bits per heavy atom. The largest absolute Gasteiger partial charge is 0.358 e. The molecule has 2 N–H and O–H groups in total. The van der Waals surface area contributed by atoms with E-state index in [2.05, 4.69) is 0 Å². The van der Waals surface area contributed by atoms with Gasteiger partial charge in [0.1, 0.15) is 7.85 Å². The maximum absolute atomic E-state index is 14.7. The summed E-state index contributed by atoms with van der Waals surface area (Å²) in [6.07, 6.45) is -0.308. The number of hydrogen-bond donors (Lipinski definition) is 2. The van der Waals surface area contributed by atoms with Gasteiger partial charge in [-0.25, -0.2) is 0 Å². The van der Waals surface area contributed by atoms with Crippen molar-refractivity contribution in [3.63, 3.8) is 0 Å². The number of hydrogen-bond acceptors (Lipinski definition) is 4. The molecule has 1 unspecified atom stereocenters. The van der Waals surface area contributed by atoms with Gasteiger partial charge in [0.15, 0.2) is 0 Å². The van der Waals surface area contributed by atoms with E-state index in [0.29, 0.717) is 5.56 Å². The van der Waals surface area contributed by atoms with Crippen molar-refractivity contribution in [2.24, 2.45) is 0 Å². The number of piperidine rings is 1. The van der Waals surface area contributed by atoms with E-state index < -0.39 is 51.7 Å². The van der Waals surface area contributed by atoms with E-state index in [9.17, 15) is 28.0 Å². The molecule has 4 amide bonds. The molecule has 174 valence electrons. The zero-order valence-electron chi connectivity index (χ0n) is 18.6. The summed E-state index contributed by atoms with van der Waals surface area (Å²) in [5, 5.41) is 1.92. The topological polar surface area (TPSA) is 95.6 Å². The van der Waals surface area contributed by atoms with Gasteiger partial charge in [-0.05, 0) is 41.1 Å². The average molecular weight is 501 g/mol. The fourth-order valence-electron chi connectivity index (χ4n) is 4.10. The van der Waals surface area contributed by atoms with E-state index in [1.54, 1.807) is 0 Å². The first kappa shape index (κ1) is 26.0. The highest BCUT2D eigenvalue weighted by atomic mass is 35.5. The molecule has 0 saturated carbocycles. The molecular formula is C22H14B4ClF2N3O4. The van der Waals surface area contributed by atoms with E-state index in [0.717, 1.165) is 17.0 Å². The number of rotatable bonds is 5. The number of nitrogens with zero attached hydrogens (tertiary/aromatic N) is 1. The highest BCUT2D eigenvalue weighted by molar-refractivity contribution is 6.41. The van der Waals surface area contributed by atoms with Gasteiger partial charge in [-0.3, -0.25) is 24.5 Å². The summed E-state index contributed by atoms with van der Waals surface area (Å²) in [5.74, 6) is -9.07. The summed E-state index contributed by atoms with van der Waals surface area (Å²) in [4.78, 5) is 50.6. The molecule has 2 atom stereocenters. The number of fused-ring (bicyclic) bond motifs is 1. The minimum absolute atomic E-state index is 0.00204. The normalized spacial score (nSPS) is 22.2. The number of carbonyl (C=O) groups is 4. The second-order valence-electron chi connectivity index (χ2n) is 8.72. The van der Waals surface area contributed by atoms with Crippen molar-refractivity contribution in [3.05, 3.63) is 69.7 Å². The smallest absolute Gasteiger partial charge is 0.349 e. The van der Waals surface area contributed by atoms with E-state index in [4.69, 9.17) is 43.0 Å². The molecule has 36 heavy (non-hydrogen) atoms. The molecule has 14 heteroatoms. The highest BCUT2D eigenvalue weighted by Crippen LogP contribution is 2.36. The maximum atomic E-state index is 14.7. The van der Waals surface area contributed by atoms with E-state index in [1.165, 1.54) is 30.3 Å². The van der Waals surface area contributed by atoms with Crippen molar-refractivity contribution in [1.29, 1.82) is 0 Å². The second-order valence-corrected chi connectivity index (χ2v) is 9.16. The Morgan fingerprint density at radius 3 is 2.36 bits per heavy atom. The van der Waals surface area contributed by atoms with Crippen LogP contribution in [0.15, 0.2) is 42.5 Å². The Hall–Kier alpha value is -3.07. The Labute approximate surface area is 215 Å². The maximum Gasteiger partial charge on any atom is 0.349 e. The first-order chi connectivity index (χ1) is 16.7. The van der Waals surface area contributed by atoms with Gasteiger partial charge in [-0.15, -0.1) is 0 Å². The fourth-order valence-corrected chi connectivity index (χ4v) is 4.22. The van der Waals surface area contributed by atoms with Crippen LogP contribution in [0, 0.1) is 0 Å². The van der Waals surface area contributed by atoms with Gasteiger partial charge in [-0.1, -0.05) is 35.9 Å². The third kappa shape index (κ3) is 4.34. The third-order valence-corrected chi connectivity index (χ3v) is 6.43. The number of halogens is 3. The number of nitrogens with one attached hydrogen (secondary N) is 2. The average Bonchev–Trinajstić information content (AvgIpc) is 3.14. The summed E-state index contributed by atoms with van der Waals surface area (Å²) in [7, 11) is 23.9. The Balaban J connectivity index is 1.57. The zero-order chi connectivity index (χ0) is 26.6. The third-order valence-electron chi connectivity index (χ3n) is 6.18. The van der Waals surface area contributed by atoms with Crippen LogP contribution < -0.4 is 10.6 Å². The van der Waals surface area contributed by atoms with Gasteiger partial charge in [0, 0.05) is 28.5 Å². The molecule has 1 saturated heterocycles. The van der Waals surface area contributed by atoms with Crippen molar-refractivity contribution in [2.45, 2.75) is 35.5 Å². The molecule has 2 aliphatic heterocycles. The predicted octanol–water partition coefficient (Wildman–Crippen LogP) is 0.520. The molecule has 0 spiro atoms. The molecule has 2 heterocycles. The van der Waals surface area contributed by atoms with E-state index in [1.807, 2.05) is 10.6 Å². The summed E-state index contributed by atoms with van der Waals surface area (Å²) in [6, 6.07) is 8.34. The number of carbonyl (C=O) groups excluding carboxylic acids is 4. The summed E-state index contributed by atoms with van der Waals surface area (Å²) >= 11 is 5.71. The molecule has 2 aliphatic rings. The van der Waals surface area contributed by atoms with E-state index in [-0.39, 0.29) is 29.1 Å². The number of imide groups is 1. The molecule has 8 radical (unpaired) electrons. The highest BCUT2D eigenvalue weighted by Gasteiger charge is 2.50. The minimum atomic E-state index is -3.98. The molecule has 0 aromatic heterocycles. The van der Waals surface area contributed by atoms with Crippen LogP contribution in [0.5, 0.6) is 0 Å². The van der Waals surface area contributed by atoms with Crippen molar-refractivity contribution in [2.75, 3.05) is 0 Å². The van der Waals surface area contributed by atoms with Gasteiger partial charge in [0.25, 0.3) is 11.8 Å². The number of amides is 4. The lowest BCUT2D eigenvalue weighted by atomic mass is 9.57. The van der Waals surface area contributed by atoms with Crippen LogP contribution in [0.25, 0.3) is 0 Å². The lowest BCUT2D eigenvalue weighted by molar-refractivity contribution is -0.147. The first-order valence-corrected chi connectivity index (χ1v) is 10.9. The van der Waals surface area contributed by atoms with Crippen LogP contribution in [-0.4, -0.2) is 65.4 Å². The summed E-state index contributed by atoms with van der Waals surface area (Å²) < 4.78 is 29.4. The number of alkyl halides is 2. The predicted molar refractivity (Wildman–Crippen MR) is 129 cm³/mol. The molecule has 7 nitrogen and oxygen atoms in total. The quantitative estimate of drug-likeness (QED) is 0.462. The Kier molecular flexibility index (Phi) is 6.35. The number of benzene rings is 2. The van der Waals surface area contributed by atoms with Crippen LogP contribution in [0.2, 0.25) is 10.8 Å². The van der Waals surface area contributed by atoms with Crippen LogP contribution in [0.1, 0.15) is 33.5 Å². The van der Waals surface area contributed by atoms with Crippen LogP contribution in [0.3, 0.4) is 0 Å². The fraction of sp³-hybridized carbons (Fsp3) is 0.273. The molecular weight excluding hydrogens is 487 g/mol. The van der Waals surface area contributed by atoms with Gasteiger partial charge >= 0.3 is 5.92 Å². The summed E-state index contributed by atoms with van der Waals surface area (Å²) in [6.45, 7) is -0.183. The molecule has 2 aromatic rings. The lowest BCUT2D eigenvalue weighted by Gasteiger charge is -2.42. The van der Waals surface area contributed by atoms with Crippen LogP contribution in [0.4, 0.5) is 8.78 Å². The van der Waals surface area contributed by atoms with Crippen molar-refractivity contribution < 1.29 is 28.0 Å². The van der Waals surface area contributed by atoms with E-state index >= 15 is 0 Å². The summed E-state index contributed by atoms with van der Waals surface area (Å²) in [5.41, 5.74) is -2.05. The van der Waals surface area contributed by atoms with Gasteiger partial charge in [-0.2, -0.15) is 8.78 Å².